The second-order valence-electron chi connectivity index (χ2n) is 11.8. The molecule has 2 aromatic rings. The fraction of sp³-hybridized carbons (Fsp3) is 0.581. The highest BCUT2D eigenvalue weighted by atomic mass is 16.5. The van der Waals surface area contributed by atoms with Gasteiger partial charge in [-0.2, -0.15) is 0 Å². The second kappa shape index (κ2) is 11.5. The quantitative estimate of drug-likeness (QED) is 0.538. The van der Waals surface area contributed by atoms with Crippen molar-refractivity contribution in [3.05, 3.63) is 59.2 Å². The molecule has 0 aliphatic carbocycles. The number of aliphatic hydroxyl groups is 2. The molecule has 2 N–H and O–H groups in total. The maximum Gasteiger partial charge on any atom is 0.257 e. The summed E-state index contributed by atoms with van der Waals surface area (Å²) in [5, 5.41) is 20.4. The molecular weight excluding hydrogens is 494 g/mol. The zero-order chi connectivity index (χ0) is 26.9. The Morgan fingerprint density at radius 2 is 1.85 bits per heavy atom. The van der Waals surface area contributed by atoms with Crippen molar-refractivity contribution in [2.24, 2.45) is 0 Å². The molecule has 0 radical (unpaired) electrons. The van der Waals surface area contributed by atoms with Crippen LogP contribution in [0, 0.1) is 0 Å². The highest BCUT2D eigenvalue weighted by Gasteiger charge is 2.41. The summed E-state index contributed by atoms with van der Waals surface area (Å²) in [7, 11) is 0. The van der Waals surface area contributed by atoms with Crippen LogP contribution < -0.4 is 9.47 Å². The Morgan fingerprint density at radius 1 is 1.08 bits per heavy atom. The van der Waals surface area contributed by atoms with E-state index >= 15 is 0 Å². The maximum atomic E-state index is 13.5. The average Bonchev–Trinajstić information content (AvgIpc) is 3.08. The molecule has 0 spiro atoms. The Kier molecular flexibility index (Phi) is 7.80. The van der Waals surface area contributed by atoms with Crippen LogP contribution in [0.15, 0.2) is 42.5 Å². The first-order valence-electron chi connectivity index (χ1n) is 14.6. The minimum atomic E-state index is -0.636. The molecule has 6 rings (SSSR count). The van der Waals surface area contributed by atoms with E-state index in [1.807, 2.05) is 25.1 Å². The van der Waals surface area contributed by atoms with Crippen molar-refractivity contribution < 1.29 is 24.5 Å². The Labute approximate surface area is 231 Å². The van der Waals surface area contributed by atoms with Gasteiger partial charge in [-0.05, 0) is 62.3 Å². The van der Waals surface area contributed by atoms with Gasteiger partial charge in [0, 0.05) is 50.9 Å². The predicted octanol–water partition coefficient (Wildman–Crippen LogP) is 2.70. The number of fused-ring (bicyclic) bond motifs is 4. The van der Waals surface area contributed by atoms with Gasteiger partial charge in [0.15, 0.2) is 0 Å². The summed E-state index contributed by atoms with van der Waals surface area (Å²) in [4.78, 5) is 20.0. The van der Waals surface area contributed by atoms with Gasteiger partial charge in [-0.3, -0.25) is 14.6 Å². The lowest BCUT2D eigenvalue weighted by Crippen LogP contribution is -2.47. The summed E-state index contributed by atoms with van der Waals surface area (Å²) in [5.74, 6) is 1.17. The van der Waals surface area contributed by atoms with Crippen molar-refractivity contribution >= 4 is 5.91 Å². The molecule has 2 bridgehead atoms. The monoisotopic (exact) mass is 535 g/mol. The minimum Gasteiger partial charge on any atom is -0.490 e. The van der Waals surface area contributed by atoms with Gasteiger partial charge >= 0.3 is 0 Å². The number of carbonyl (C=O) groups excluding carboxylic acids is 1. The van der Waals surface area contributed by atoms with Gasteiger partial charge in [0.1, 0.15) is 23.7 Å². The molecule has 4 heterocycles. The van der Waals surface area contributed by atoms with Crippen molar-refractivity contribution in [2.45, 2.75) is 76.0 Å². The van der Waals surface area contributed by atoms with Gasteiger partial charge in [-0.15, -0.1) is 0 Å². The fourth-order valence-electron chi connectivity index (χ4n) is 7.14. The second-order valence-corrected chi connectivity index (χ2v) is 11.8. The van der Waals surface area contributed by atoms with Gasteiger partial charge < -0.3 is 24.6 Å². The van der Waals surface area contributed by atoms with Crippen molar-refractivity contribution in [1.29, 1.82) is 0 Å². The molecule has 2 saturated heterocycles. The number of hydrogen-bond donors (Lipinski definition) is 2. The van der Waals surface area contributed by atoms with Crippen LogP contribution in [0.2, 0.25) is 0 Å². The number of nitrogens with zero attached hydrogens (tertiary/aromatic N) is 3. The fourth-order valence-corrected chi connectivity index (χ4v) is 7.14. The lowest BCUT2D eigenvalue weighted by Gasteiger charge is -2.38. The van der Waals surface area contributed by atoms with Crippen LogP contribution in [-0.4, -0.2) is 101 Å². The first-order chi connectivity index (χ1) is 19.0. The van der Waals surface area contributed by atoms with Crippen LogP contribution in [0.1, 0.15) is 54.1 Å². The largest absolute Gasteiger partial charge is 0.490 e. The Balaban J connectivity index is 1.08. The molecule has 8 heteroatoms. The van der Waals surface area contributed by atoms with E-state index in [9.17, 15) is 15.0 Å². The van der Waals surface area contributed by atoms with Crippen molar-refractivity contribution in [2.75, 3.05) is 39.3 Å². The zero-order valence-electron chi connectivity index (χ0n) is 22.9. The summed E-state index contributed by atoms with van der Waals surface area (Å²) < 4.78 is 12.6. The van der Waals surface area contributed by atoms with Crippen LogP contribution in [0.5, 0.6) is 11.5 Å². The van der Waals surface area contributed by atoms with Crippen molar-refractivity contribution in [3.63, 3.8) is 0 Å². The molecule has 2 aromatic carbocycles. The first-order valence-corrected chi connectivity index (χ1v) is 14.6. The van der Waals surface area contributed by atoms with E-state index in [1.165, 1.54) is 11.1 Å². The number of rotatable bonds is 8. The third-order valence-corrected chi connectivity index (χ3v) is 8.89. The van der Waals surface area contributed by atoms with E-state index in [4.69, 9.17) is 9.47 Å². The average molecular weight is 536 g/mol. The van der Waals surface area contributed by atoms with Gasteiger partial charge in [-0.1, -0.05) is 24.3 Å². The smallest absolute Gasteiger partial charge is 0.257 e. The molecule has 8 nitrogen and oxygen atoms in total. The third-order valence-electron chi connectivity index (χ3n) is 8.89. The summed E-state index contributed by atoms with van der Waals surface area (Å²) in [6.45, 7) is 5.88. The molecule has 4 aliphatic heterocycles. The molecule has 2 fully saturated rings. The highest BCUT2D eigenvalue weighted by molar-refractivity contribution is 5.97. The van der Waals surface area contributed by atoms with E-state index < -0.39 is 6.10 Å². The molecule has 210 valence electrons. The molecular formula is C31H41N3O5. The standard InChI is InChI=1S/C31H41N3O5/c1-21-17-33(20-26(36)19-32-11-10-22-4-2-3-5-23(22)18-32)31(37)29-9-8-27(16-30(29)38-21)39-28-14-24-6-7-25(15-28)34(24)12-13-35/h2-5,8-9,16,21,24-26,28,35-36H,6-7,10-15,17-20H2,1H3/t21-,24?,25?,26?,28?/m1/s1. The molecule has 39 heavy (non-hydrogen) atoms. The lowest BCUT2D eigenvalue weighted by molar-refractivity contribution is 0.0389. The van der Waals surface area contributed by atoms with Gasteiger partial charge in [0.25, 0.3) is 5.91 Å². The van der Waals surface area contributed by atoms with E-state index in [2.05, 4.69) is 34.1 Å². The number of piperidine rings is 1. The topological polar surface area (TPSA) is 85.7 Å². The SMILES string of the molecule is C[C@@H]1CN(CC(O)CN2CCc3ccccc3C2)C(=O)c2ccc(OC3CC4CCC(C3)N4CCO)cc2O1. The van der Waals surface area contributed by atoms with E-state index in [-0.39, 0.29) is 31.3 Å². The van der Waals surface area contributed by atoms with E-state index in [0.717, 1.165) is 57.5 Å². The summed E-state index contributed by atoms with van der Waals surface area (Å²) >= 11 is 0. The summed E-state index contributed by atoms with van der Waals surface area (Å²) in [5.41, 5.74) is 3.22. The number of benzene rings is 2. The van der Waals surface area contributed by atoms with E-state index in [0.29, 0.717) is 36.5 Å². The molecule has 0 saturated carbocycles. The third kappa shape index (κ3) is 5.80. The number of hydrogen-bond acceptors (Lipinski definition) is 7. The lowest BCUT2D eigenvalue weighted by atomic mass is 9.99. The molecule has 1 amide bonds. The zero-order valence-corrected chi connectivity index (χ0v) is 22.9. The Morgan fingerprint density at radius 3 is 2.62 bits per heavy atom. The highest BCUT2D eigenvalue weighted by Crippen LogP contribution is 2.38. The van der Waals surface area contributed by atoms with Crippen LogP contribution in [0.25, 0.3) is 0 Å². The van der Waals surface area contributed by atoms with Crippen LogP contribution in [0.4, 0.5) is 0 Å². The van der Waals surface area contributed by atoms with Crippen LogP contribution in [0.3, 0.4) is 0 Å². The molecule has 0 aromatic heterocycles. The summed E-state index contributed by atoms with van der Waals surface area (Å²) in [6.07, 6.45) is 4.52. The minimum absolute atomic E-state index is 0.112. The van der Waals surface area contributed by atoms with Gasteiger partial charge in [0.05, 0.1) is 24.8 Å². The Hall–Kier alpha value is -2.65. The maximum absolute atomic E-state index is 13.5. The van der Waals surface area contributed by atoms with E-state index in [1.54, 1.807) is 4.90 Å². The van der Waals surface area contributed by atoms with Gasteiger partial charge in [-0.25, -0.2) is 0 Å². The number of aliphatic hydroxyl groups excluding tert-OH is 2. The van der Waals surface area contributed by atoms with Crippen LogP contribution >= 0.6 is 0 Å². The Bertz CT molecular complexity index is 1160. The molecule has 3 unspecified atom stereocenters. The number of β-amino-alcohol motifs (C(OH)–C–C–N with tert-alkyl or cyclic N) is 1. The number of amides is 1. The molecule has 4 aliphatic rings. The van der Waals surface area contributed by atoms with Gasteiger partial charge in [0.2, 0.25) is 0 Å². The van der Waals surface area contributed by atoms with Crippen LogP contribution in [-0.2, 0) is 13.0 Å². The van der Waals surface area contributed by atoms with Crippen molar-refractivity contribution in [1.82, 2.24) is 14.7 Å². The number of ether oxygens (including phenoxy) is 2. The predicted molar refractivity (Wildman–Crippen MR) is 148 cm³/mol. The molecule has 4 atom stereocenters. The summed E-state index contributed by atoms with van der Waals surface area (Å²) in [6, 6.07) is 15.0. The first kappa shape index (κ1) is 26.6. The van der Waals surface area contributed by atoms with Crippen molar-refractivity contribution in [3.8, 4) is 11.5 Å². The normalized spacial score (nSPS) is 27.9. The number of carbonyl (C=O) groups is 1.